The molecule has 1 aromatic rings. The summed E-state index contributed by atoms with van der Waals surface area (Å²) in [6, 6.07) is 5.13. The first kappa shape index (κ1) is 13.7. The fourth-order valence-electron chi connectivity index (χ4n) is 2.50. The number of amides is 1. The van der Waals surface area contributed by atoms with Gasteiger partial charge in [-0.2, -0.15) is 0 Å². The molecule has 2 atom stereocenters. The summed E-state index contributed by atoms with van der Waals surface area (Å²) in [6.45, 7) is 0.600. The van der Waals surface area contributed by atoms with Gasteiger partial charge in [0, 0.05) is 12.6 Å². The van der Waals surface area contributed by atoms with Gasteiger partial charge in [0.1, 0.15) is 0 Å². The van der Waals surface area contributed by atoms with Crippen molar-refractivity contribution in [2.24, 2.45) is 11.7 Å². The van der Waals surface area contributed by atoms with Crippen molar-refractivity contribution in [1.82, 2.24) is 5.32 Å². The Morgan fingerprint density at radius 3 is 2.95 bits per heavy atom. The van der Waals surface area contributed by atoms with E-state index < -0.39 is 0 Å². The summed E-state index contributed by atoms with van der Waals surface area (Å²) in [5.74, 6) is 0.338. The van der Waals surface area contributed by atoms with Gasteiger partial charge in [-0.15, -0.1) is 0 Å². The Kier molecular flexibility index (Phi) is 4.27. The minimum atomic E-state index is -0.281. The molecule has 104 valence electrons. The van der Waals surface area contributed by atoms with E-state index in [1.54, 1.807) is 18.2 Å². The van der Waals surface area contributed by atoms with Gasteiger partial charge >= 0.3 is 0 Å². The van der Waals surface area contributed by atoms with Gasteiger partial charge in [0.05, 0.1) is 12.7 Å². The number of benzene rings is 1. The van der Waals surface area contributed by atoms with Crippen LogP contribution in [0.25, 0.3) is 0 Å². The molecule has 0 spiro atoms. The standard InChI is InChI=1S/C14H20N2O3/c1-19-12-4-2-3-11(13(12)17)14(18)16-8-9-5-6-10(15)7-9/h2-4,9-10,17H,5-8,15H2,1H3,(H,16,18). The number of carbonyl (C=O) groups is 1. The molecule has 1 fully saturated rings. The monoisotopic (exact) mass is 264 g/mol. The van der Waals surface area contributed by atoms with Crippen molar-refractivity contribution >= 4 is 5.91 Å². The van der Waals surface area contributed by atoms with Crippen LogP contribution in [0.5, 0.6) is 11.5 Å². The molecule has 4 N–H and O–H groups in total. The number of phenolic OH excluding ortho intramolecular Hbond substituents is 1. The van der Waals surface area contributed by atoms with Gasteiger partial charge in [0.15, 0.2) is 11.5 Å². The largest absolute Gasteiger partial charge is 0.504 e. The molecule has 0 bridgehead atoms. The van der Waals surface area contributed by atoms with Gasteiger partial charge in [0.25, 0.3) is 5.91 Å². The van der Waals surface area contributed by atoms with E-state index in [-0.39, 0.29) is 23.3 Å². The van der Waals surface area contributed by atoms with Crippen molar-refractivity contribution in [3.8, 4) is 11.5 Å². The van der Waals surface area contributed by atoms with Crippen molar-refractivity contribution in [3.05, 3.63) is 23.8 Å². The summed E-state index contributed by atoms with van der Waals surface area (Å²) < 4.78 is 4.98. The lowest BCUT2D eigenvalue weighted by atomic mass is 10.1. The fourth-order valence-corrected chi connectivity index (χ4v) is 2.50. The average molecular weight is 264 g/mol. The van der Waals surface area contributed by atoms with Gasteiger partial charge < -0.3 is 20.9 Å². The molecule has 0 heterocycles. The maximum absolute atomic E-state index is 12.0. The van der Waals surface area contributed by atoms with E-state index in [9.17, 15) is 9.90 Å². The second-order valence-corrected chi connectivity index (χ2v) is 5.01. The molecule has 1 aliphatic carbocycles. The van der Waals surface area contributed by atoms with Gasteiger partial charge in [-0.05, 0) is 37.3 Å². The Hall–Kier alpha value is -1.75. The first-order valence-corrected chi connectivity index (χ1v) is 6.51. The van der Waals surface area contributed by atoms with Gasteiger partial charge in [-0.3, -0.25) is 4.79 Å². The van der Waals surface area contributed by atoms with Crippen LogP contribution in [-0.4, -0.2) is 30.7 Å². The highest BCUT2D eigenvalue weighted by molar-refractivity contribution is 5.97. The van der Waals surface area contributed by atoms with Crippen LogP contribution in [-0.2, 0) is 0 Å². The van der Waals surface area contributed by atoms with Crippen molar-refractivity contribution in [1.29, 1.82) is 0 Å². The molecule has 5 nitrogen and oxygen atoms in total. The average Bonchev–Trinajstić information content (AvgIpc) is 2.82. The number of carbonyl (C=O) groups excluding carboxylic acids is 1. The molecule has 5 heteroatoms. The molecule has 0 aliphatic heterocycles. The molecular formula is C14H20N2O3. The smallest absolute Gasteiger partial charge is 0.255 e. The Balaban J connectivity index is 1.96. The molecule has 2 unspecified atom stereocenters. The Morgan fingerprint density at radius 2 is 2.32 bits per heavy atom. The van der Waals surface area contributed by atoms with Crippen LogP contribution in [0.4, 0.5) is 0 Å². The van der Waals surface area contributed by atoms with Crippen molar-refractivity contribution < 1.29 is 14.6 Å². The molecule has 2 rings (SSSR count). The molecule has 0 aromatic heterocycles. The lowest BCUT2D eigenvalue weighted by Gasteiger charge is -2.12. The summed E-state index contributed by atoms with van der Waals surface area (Å²) >= 11 is 0. The Bertz CT molecular complexity index is 462. The van der Waals surface area contributed by atoms with E-state index >= 15 is 0 Å². The zero-order chi connectivity index (χ0) is 13.8. The number of nitrogens with one attached hydrogen (secondary N) is 1. The summed E-state index contributed by atoms with van der Waals surface area (Å²) in [5, 5.41) is 12.7. The fraction of sp³-hybridized carbons (Fsp3) is 0.500. The molecule has 1 amide bonds. The highest BCUT2D eigenvalue weighted by Gasteiger charge is 2.23. The van der Waals surface area contributed by atoms with Crippen molar-refractivity contribution in [3.63, 3.8) is 0 Å². The number of hydrogen-bond donors (Lipinski definition) is 3. The second kappa shape index (κ2) is 5.93. The van der Waals surface area contributed by atoms with Crippen LogP contribution in [0, 0.1) is 5.92 Å². The Labute approximate surface area is 112 Å². The summed E-state index contributed by atoms with van der Waals surface area (Å²) in [5.41, 5.74) is 6.07. The summed E-state index contributed by atoms with van der Waals surface area (Å²) in [4.78, 5) is 12.0. The zero-order valence-electron chi connectivity index (χ0n) is 11.1. The number of rotatable bonds is 4. The molecule has 0 radical (unpaired) electrons. The predicted octanol–water partition coefficient (Wildman–Crippen LogP) is 1.26. The van der Waals surface area contributed by atoms with Crippen LogP contribution in [0.1, 0.15) is 29.6 Å². The quantitative estimate of drug-likeness (QED) is 0.764. The van der Waals surface area contributed by atoms with Gasteiger partial charge in [0.2, 0.25) is 0 Å². The van der Waals surface area contributed by atoms with Gasteiger partial charge in [-0.1, -0.05) is 6.07 Å². The maximum Gasteiger partial charge on any atom is 0.255 e. The maximum atomic E-state index is 12.0. The van der Waals surface area contributed by atoms with E-state index in [2.05, 4.69) is 5.32 Å². The first-order chi connectivity index (χ1) is 9.11. The number of methoxy groups -OCH3 is 1. The lowest BCUT2D eigenvalue weighted by molar-refractivity contribution is 0.0944. The third-order valence-electron chi connectivity index (χ3n) is 3.60. The van der Waals surface area contributed by atoms with Gasteiger partial charge in [-0.25, -0.2) is 0 Å². The number of para-hydroxylation sites is 1. The minimum absolute atomic E-state index is 0.120. The summed E-state index contributed by atoms with van der Waals surface area (Å²) in [7, 11) is 1.46. The SMILES string of the molecule is COc1cccc(C(=O)NCC2CCC(N)C2)c1O. The highest BCUT2D eigenvalue weighted by Crippen LogP contribution is 2.29. The van der Waals surface area contributed by atoms with E-state index in [1.807, 2.05) is 0 Å². The van der Waals surface area contributed by atoms with Crippen LogP contribution >= 0.6 is 0 Å². The molecule has 1 aliphatic rings. The molecule has 0 saturated heterocycles. The van der Waals surface area contributed by atoms with Crippen LogP contribution in [0.2, 0.25) is 0 Å². The number of aromatic hydroxyl groups is 1. The van der Waals surface area contributed by atoms with Crippen molar-refractivity contribution in [2.75, 3.05) is 13.7 Å². The normalized spacial score (nSPS) is 22.2. The molecular weight excluding hydrogens is 244 g/mol. The van der Waals surface area contributed by atoms with E-state index in [1.165, 1.54) is 7.11 Å². The Morgan fingerprint density at radius 1 is 1.53 bits per heavy atom. The first-order valence-electron chi connectivity index (χ1n) is 6.51. The second-order valence-electron chi connectivity index (χ2n) is 5.01. The number of hydrogen-bond acceptors (Lipinski definition) is 4. The molecule has 1 aromatic carbocycles. The zero-order valence-corrected chi connectivity index (χ0v) is 11.1. The minimum Gasteiger partial charge on any atom is -0.504 e. The van der Waals surface area contributed by atoms with Crippen LogP contribution in [0.15, 0.2) is 18.2 Å². The topological polar surface area (TPSA) is 84.6 Å². The number of nitrogens with two attached hydrogens (primary N) is 1. The van der Waals surface area contributed by atoms with Crippen LogP contribution < -0.4 is 15.8 Å². The summed E-state index contributed by atoms with van der Waals surface area (Å²) in [6.07, 6.45) is 3.01. The molecule has 19 heavy (non-hydrogen) atoms. The van der Waals surface area contributed by atoms with E-state index in [0.717, 1.165) is 19.3 Å². The third-order valence-corrected chi connectivity index (χ3v) is 3.60. The van der Waals surface area contributed by atoms with Crippen LogP contribution in [0.3, 0.4) is 0 Å². The lowest BCUT2D eigenvalue weighted by Crippen LogP contribution is -2.29. The van der Waals surface area contributed by atoms with Crippen molar-refractivity contribution in [2.45, 2.75) is 25.3 Å². The predicted molar refractivity (Wildman–Crippen MR) is 72.3 cm³/mol. The number of ether oxygens (including phenoxy) is 1. The third kappa shape index (κ3) is 3.17. The van der Waals surface area contributed by atoms with E-state index in [0.29, 0.717) is 18.2 Å². The van der Waals surface area contributed by atoms with E-state index in [4.69, 9.17) is 10.5 Å². The molecule has 1 saturated carbocycles. The highest BCUT2D eigenvalue weighted by atomic mass is 16.5. The number of phenols is 1.